The van der Waals surface area contributed by atoms with Crippen molar-refractivity contribution in [2.24, 2.45) is 0 Å². The highest BCUT2D eigenvalue weighted by molar-refractivity contribution is 7.89. The highest BCUT2D eigenvalue weighted by Gasteiger charge is 2.51. The second-order valence-electron chi connectivity index (χ2n) is 8.74. The number of piperazine rings is 1. The molecule has 0 spiro atoms. The molecule has 3 aromatic rings. The van der Waals surface area contributed by atoms with Crippen LogP contribution in [0.4, 0.5) is 5.69 Å². The number of rotatable bonds is 7. The third-order valence-electron chi connectivity index (χ3n) is 6.32. The molecule has 0 radical (unpaired) electrons. The van der Waals surface area contributed by atoms with Crippen LogP contribution in [-0.4, -0.2) is 43.2 Å². The molecule has 3 aromatic carbocycles. The summed E-state index contributed by atoms with van der Waals surface area (Å²) in [6.45, 7) is 3.35. The van der Waals surface area contributed by atoms with Crippen LogP contribution in [0.5, 0.6) is 0 Å². The van der Waals surface area contributed by atoms with Crippen molar-refractivity contribution in [1.29, 1.82) is 0 Å². The van der Waals surface area contributed by atoms with Gasteiger partial charge in [-0.25, -0.2) is 8.42 Å². The number of hydrogen-bond donors (Lipinski definition) is 1. The summed E-state index contributed by atoms with van der Waals surface area (Å²) in [7, 11) is -3.98. The molecule has 2 amide bonds. The molecule has 7 nitrogen and oxygen atoms in total. The summed E-state index contributed by atoms with van der Waals surface area (Å²) in [4.78, 5) is 28.9. The van der Waals surface area contributed by atoms with Crippen molar-refractivity contribution in [3.8, 4) is 0 Å². The Bertz CT molecular complexity index is 1310. The Balaban J connectivity index is 1.74. The number of aryl methyl sites for hydroxylation is 1. The Morgan fingerprint density at radius 1 is 0.943 bits per heavy atom. The van der Waals surface area contributed by atoms with E-state index in [0.29, 0.717) is 12.1 Å². The predicted octanol–water partition coefficient (Wildman–Crippen LogP) is 3.36. The van der Waals surface area contributed by atoms with Crippen LogP contribution >= 0.6 is 0 Å². The van der Waals surface area contributed by atoms with Gasteiger partial charge in [-0.15, -0.1) is 0 Å². The molecule has 0 saturated carbocycles. The molecule has 1 saturated heterocycles. The number of carbonyl (C=O) groups excluding carboxylic acids is 2. The molecular weight excluding hydrogens is 462 g/mol. The molecule has 0 bridgehead atoms. The number of para-hydroxylation sites is 1. The number of amides is 2. The monoisotopic (exact) mass is 491 g/mol. The maximum Gasteiger partial charge on any atom is 0.247 e. The Kier molecular flexibility index (Phi) is 7.05. The van der Waals surface area contributed by atoms with Crippen molar-refractivity contribution in [2.45, 2.75) is 37.2 Å². The fraction of sp³-hybridized carbons (Fsp3) is 0.259. The zero-order chi connectivity index (χ0) is 25.1. The van der Waals surface area contributed by atoms with Gasteiger partial charge in [-0.3, -0.25) is 14.5 Å². The number of nitrogens with one attached hydrogen (secondary N) is 1. The maximum absolute atomic E-state index is 13.7. The molecule has 35 heavy (non-hydrogen) atoms. The molecule has 182 valence electrons. The molecule has 0 unspecified atom stereocenters. The summed E-state index contributed by atoms with van der Waals surface area (Å²) in [6, 6.07) is 24.8. The van der Waals surface area contributed by atoms with Gasteiger partial charge < -0.3 is 5.32 Å². The molecule has 1 aliphatic rings. The number of anilines is 1. The maximum atomic E-state index is 13.7. The predicted molar refractivity (Wildman–Crippen MR) is 135 cm³/mol. The summed E-state index contributed by atoms with van der Waals surface area (Å²) >= 11 is 0. The van der Waals surface area contributed by atoms with Crippen LogP contribution < -0.4 is 10.2 Å². The Morgan fingerprint density at radius 3 is 2.20 bits per heavy atom. The Hall–Kier alpha value is -3.49. The van der Waals surface area contributed by atoms with Crippen LogP contribution in [0.2, 0.25) is 0 Å². The van der Waals surface area contributed by atoms with Crippen molar-refractivity contribution in [3.63, 3.8) is 0 Å². The number of carbonyl (C=O) groups is 2. The summed E-state index contributed by atoms with van der Waals surface area (Å²) in [6.07, 6.45) is 0.660. The number of sulfonamides is 1. The molecule has 8 heteroatoms. The van der Waals surface area contributed by atoms with Crippen molar-refractivity contribution >= 4 is 27.5 Å². The minimum atomic E-state index is -3.98. The van der Waals surface area contributed by atoms with Crippen molar-refractivity contribution in [3.05, 3.63) is 96.1 Å². The molecule has 1 aliphatic heterocycles. The average molecular weight is 492 g/mol. The highest BCUT2D eigenvalue weighted by Crippen LogP contribution is 2.34. The van der Waals surface area contributed by atoms with Crippen LogP contribution in [-0.2, 0) is 32.6 Å². The van der Waals surface area contributed by atoms with Crippen LogP contribution in [0.1, 0.15) is 25.0 Å². The molecular formula is C27H29N3O4S. The molecule has 1 N–H and O–H groups in total. The average Bonchev–Trinajstić information content (AvgIpc) is 2.88. The van der Waals surface area contributed by atoms with Crippen LogP contribution in [0.15, 0.2) is 89.8 Å². The first kappa shape index (κ1) is 24.6. The summed E-state index contributed by atoms with van der Waals surface area (Å²) < 4.78 is 27.9. The molecule has 1 atom stereocenters. The summed E-state index contributed by atoms with van der Waals surface area (Å²) in [5.41, 5.74) is 0.967. The van der Waals surface area contributed by atoms with E-state index in [2.05, 4.69) is 5.32 Å². The van der Waals surface area contributed by atoms with Crippen LogP contribution in [0.3, 0.4) is 0 Å². The minimum Gasteiger partial charge on any atom is -0.350 e. The van der Waals surface area contributed by atoms with Gasteiger partial charge in [0, 0.05) is 18.8 Å². The third kappa shape index (κ3) is 4.85. The van der Waals surface area contributed by atoms with Gasteiger partial charge in [0.05, 0.1) is 11.4 Å². The van der Waals surface area contributed by atoms with Crippen molar-refractivity contribution in [1.82, 2.24) is 9.62 Å². The normalized spacial score (nSPS) is 18.9. The van der Waals surface area contributed by atoms with Crippen LogP contribution in [0, 0.1) is 0 Å². The summed E-state index contributed by atoms with van der Waals surface area (Å²) in [5, 5.41) is 2.92. The molecule has 0 aliphatic carbocycles. The van der Waals surface area contributed by atoms with E-state index in [1.165, 1.54) is 17.0 Å². The van der Waals surface area contributed by atoms with E-state index < -0.39 is 27.4 Å². The van der Waals surface area contributed by atoms with Gasteiger partial charge in [-0.2, -0.15) is 4.31 Å². The van der Waals surface area contributed by atoms with Crippen molar-refractivity contribution < 1.29 is 18.0 Å². The standard InChI is InChI=1S/C27H29N3O4S/c1-3-22-14-10-11-17-24(22)30-25(31)19-29(35(33,34)23-15-8-5-9-16-23)20-27(30,2)26(32)28-18-21-12-6-4-7-13-21/h4-17H,3,18-20H2,1-2H3,(H,28,32)/t27-/m1/s1. The van der Waals surface area contributed by atoms with E-state index in [1.54, 1.807) is 31.2 Å². The molecule has 0 aromatic heterocycles. The zero-order valence-corrected chi connectivity index (χ0v) is 20.7. The smallest absolute Gasteiger partial charge is 0.247 e. The lowest BCUT2D eigenvalue weighted by Gasteiger charge is -2.47. The second-order valence-corrected chi connectivity index (χ2v) is 10.7. The zero-order valence-electron chi connectivity index (χ0n) is 19.8. The fourth-order valence-electron chi connectivity index (χ4n) is 4.45. The minimum absolute atomic E-state index is 0.0854. The SMILES string of the molecule is CCc1ccccc1N1C(=O)CN(S(=O)(=O)c2ccccc2)C[C@]1(C)C(=O)NCc1ccccc1. The van der Waals surface area contributed by atoms with Gasteiger partial charge in [0.25, 0.3) is 0 Å². The van der Waals surface area contributed by atoms with E-state index in [0.717, 1.165) is 15.4 Å². The van der Waals surface area contributed by atoms with Crippen molar-refractivity contribution in [2.75, 3.05) is 18.0 Å². The lowest BCUT2D eigenvalue weighted by molar-refractivity contribution is -0.133. The van der Waals surface area contributed by atoms with Gasteiger partial charge in [0.1, 0.15) is 5.54 Å². The molecule has 4 rings (SSSR count). The van der Waals surface area contributed by atoms with Gasteiger partial charge in [-0.1, -0.05) is 73.7 Å². The Labute approximate surface area is 206 Å². The topological polar surface area (TPSA) is 86.8 Å². The lowest BCUT2D eigenvalue weighted by atomic mass is 9.93. The molecule has 1 fully saturated rings. The van der Waals surface area contributed by atoms with Gasteiger partial charge in [0.2, 0.25) is 21.8 Å². The second kappa shape index (κ2) is 10.0. The van der Waals surface area contributed by atoms with Crippen LogP contribution in [0.25, 0.3) is 0 Å². The highest BCUT2D eigenvalue weighted by atomic mass is 32.2. The van der Waals surface area contributed by atoms with Gasteiger partial charge >= 0.3 is 0 Å². The van der Waals surface area contributed by atoms with E-state index >= 15 is 0 Å². The first-order chi connectivity index (χ1) is 16.8. The van der Waals surface area contributed by atoms with Gasteiger partial charge in [-0.05, 0) is 42.7 Å². The number of benzene rings is 3. The quantitative estimate of drug-likeness (QED) is 0.549. The fourth-order valence-corrected chi connectivity index (χ4v) is 5.95. The largest absolute Gasteiger partial charge is 0.350 e. The Morgan fingerprint density at radius 2 is 1.54 bits per heavy atom. The van der Waals surface area contributed by atoms with E-state index in [4.69, 9.17) is 0 Å². The number of nitrogens with zero attached hydrogens (tertiary/aromatic N) is 2. The third-order valence-corrected chi connectivity index (χ3v) is 8.12. The van der Waals surface area contributed by atoms with E-state index in [-0.39, 0.29) is 24.5 Å². The van der Waals surface area contributed by atoms with E-state index in [1.807, 2.05) is 55.5 Å². The molecule has 1 heterocycles. The first-order valence-corrected chi connectivity index (χ1v) is 13.0. The summed E-state index contributed by atoms with van der Waals surface area (Å²) in [5.74, 6) is -0.873. The van der Waals surface area contributed by atoms with Gasteiger partial charge in [0.15, 0.2) is 0 Å². The first-order valence-electron chi connectivity index (χ1n) is 11.6. The lowest BCUT2D eigenvalue weighted by Crippen LogP contribution is -2.70. The number of hydrogen-bond acceptors (Lipinski definition) is 4. The van der Waals surface area contributed by atoms with E-state index in [9.17, 15) is 18.0 Å².